The van der Waals surface area contributed by atoms with Gasteiger partial charge in [-0.1, -0.05) is 48.5 Å². The third kappa shape index (κ3) is 4.54. The van der Waals surface area contributed by atoms with Gasteiger partial charge in [0.25, 0.3) is 0 Å². The Morgan fingerprint density at radius 3 is 2.20 bits per heavy atom. The van der Waals surface area contributed by atoms with E-state index in [1.807, 2.05) is 6.07 Å². The van der Waals surface area contributed by atoms with E-state index in [1.54, 1.807) is 7.11 Å². The molecule has 1 heterocycles. The fourth-order valence-electron chi connectivity index (χ4n) is 3.65. The Morgan fingerprint density at radius 2 is 1.60 bits per heavy atom. The van der Waals surface area contributed by atoms with Crippen molar-refractivity contribution in [2.24, 2.45) is 0 Å². The Hall–Kier alpha value is -1.11. The first kappa shape index (κ1) is 20.2. The number of para-hydroxylation sites is 1. The highest BCUT2D eigenvalue weighted by Crippen LogP contribution is 2.35. The van der Waals surface area contributed by atoms with Gasteiger partial charge >= 0.3 is 0 Å². The van der Waals surface area contributed by atoms with Gasteiger partial charge < -0.3 is 33.2 Å². The summed E-state index contributed by atoms with van der Waals surface area (Å²) in [5, 5.41) is 0. The lowest BCUT2D eigenvalue weighted by molar-refractivity contribution is -0.912. The van der Waals surface area contributed by atoms with Crippen molar-refractivity contribution in [1.82, 2.24) is 4.90 Å². The molecule has 1 aliphatic heterocycles. The Balaban J connectivity index is 0.00000225. The fraction of sp³-hybridized carbons (Fsp3) is 0.429. The van der Waals surface area contributed by atoms with Crippen LogP contribution in [0.1, 0.15) is 24.1 Å². The van der Waals surface area contributed by atoms with Crippen molar-refractivity contribution >= 4 is 0 Å². The van der Waals surface area contributed by atoms with Crippen molar-refractivity contribution in [3.05, 3.63) is 65.7 Å². The van der Waals surface area contributed by atoms with Crippen LogP contribution in [0, 0.1) is 0 Å². The average molecular weight is 452 g/mol. The van der Waals surface area contributed by atoms with Gasteiger partial charge in [-0.2, -0.15) is 0 Å². The molecule has 1 saturated heterocycles. The lowest BCUT2D eigenvalue weighted by Gasteiger charge is -2.44. The third-order valence-corrected chi connectivity index (χ3v) is 5.53. The van der Waals surface area contributed by atoms with Crippen LogP contribution in [-0.4, -0.2) is 56.3 Å². The summed E-state index contributed by atoms with van der Waals surface area (Å²) in [4.78, 5) is 2.61. The highest BCUT2D eigenvalue weighted by Gasteiger charge is 2.33. The van der Waals surface area contributed by atoms with E-state index in [-0.39, 0.29) is 30.0 Å². The molecule has 0 amide bonds. The topological polar surface area (TPSA) is 12.5 Å². The normalized spacial score (nSPS) is 18.2. The first-order valence-corrected chi connectivity index (χ1v) is 8.92. The van der Waals surface area contributed by atoms with Crippen LogP contribution in [-0.2, 0) is 0 Å². The van der Waals surface area contributed by atoms with Gasteiger partial charge in [0, 0.05) is 18.7 Å². The zero-order valence-electron chi connectivity index (χ0n) is 15.5. The minimum Gasteiger partial charge on any atom is -1.00 e. The summed E-state index contributed by atoms with van der Waals surface area (Å²) < 4.78 is 6.84. The Bertz CT molecular complexity index is 654. The fourth-order valence-corrected chi connectivity index (χ4v) is 3.65. The molecule has 0 spiro atoms. The van der Waals surface area contributed by atoms with Gasteiger partial charge in [-0.05, 0) is 18.6 Å². The first-order valence-electron chi connectivity index (χ1n) is 8.92. The molecule has 136 valence electrons. The van der Waals surface area contributed by atoms with E-state index in [4.69, 9.17) is 4.74 Å². The number of hydrogen-bond acceptors (Lipinski definition) is 2. The van der Waals surface area contributed by atoms with Crippen LogP contribution in [0.5, 0.6) is 5.75 Å². The Kier molecular flexibility index (Phi) is 7.28. The van der Waals surface area contributed by atoms with Gasteiger partial charge in [-0.3, -0.25) is 4.90 Å². The zero-order chi connectivity index (χ0) is 17.0. The van der Waals surface area contributed by atoms with Gasteiger partial charge in [0.05, 0.1) is 39.8 Å². The molecule has 3 nitrogen and oxygen atoms in total. The maximum absolute atomic E-state index is 5.67. The highest BCUT2D eigenvalue weighted by molar-refractivity contribution is 5.41. The summed E-state index contributed by atoms with van der Waals surface area (Å²) in [6.45, 7) is 8.14. The van der Waals surface area contributed by atoms with E-state index in [0.717, 1.165) is 18.8 Å². The molecule has 1 atom stereocenters. The first-order chi connectivity index (χ1) is 11.7. The predicted molar refractivity (Wildman–Crippen MR) is 99.3 cm³/mol. The smallest absolute Gasteiger partial charge is 0.123 e. The molecular weight excluding hydrogens is 423 g/mol. The van der Waals surface area contributed by atoms with Crippen LogP contribution in [0.3, 0.4) is 0 Å². The lowest BCUT2D eigenvalue weighted by Crippen LogP contribution is -3.00. The van der Waals surface area contributed by atoms with Gasteiger partial charge in [-0.15, -0.1) is 0 Å². The van der Waals surface area contributed by atoms with E-state index in [9.17, 15) is 0 Å². The van der Waals surface area contributed by atoms with Gasteiger partial charge in [0.15, 0.2) is 0 Å². The number of methoxy groups -OCH3 is 1. The average Bonchev–Trinajstić information content (AvgIpc) is 2.65. The molecule has 0 aromatic heterocycles. The number of nitrogens with zero attached hydrogens (tertiary/aromatic N) is 2. The van der Waals surface area contributed by atoms with Crippen LogP contribution in [0.4, 0.5) is 0 Å². The van der Waals surface area contributed by atoms with Crippen LogP contribution < -0.4 is 28.7 Å². The number of likely N-dealkylation sites (N-methyl/N-ethyl adjacent to an activating group) is 1. The second-order valence-electron chi connectivity index (χ2n) is 6.97. The van der Waals surface area contributed by atoms with Gasteiger partial charge in [0.2, 0.25) is 0 Å². The highest BCUT2D eigenvalue weighted by atomic mass is 127. The molecule has 25 heavy (non-hydrogen) atoms. The molecule has 0 radical (unpaired) electrons. The van der Waals surface area contributed by atoms with Crippen LogP contribution in [0.2, 0.25) is 0 Å². The number of halogens is 1. The van der Waals surface area contributed by atoms with E-state index >= 15 is 0 Å². The second kappa shape index (κ2) is 9.01. The Labute approximate surface area is 169 Å². The Morgan fingerprint density at radius 1 is 1.00 bits per heavy atom. The molecule has 2 aromatic carbocycles. The molecule has 0 aliphatic carbocycles. The maximum atomic E-state index is 5.67. The van der Waals surface area contributed by atoms with Crippen molar-refractivity contribution in [3.63, 3.8) is 0 Å². The lowest BCUT2D eigenvalue weighted by atomic mass is 9.95. The standard InChI is InChI=1S/C21H29N2O.HI/c1-4-23(2)16-14-22(15-17-23)21(18-10-6-5-7-11-18)19-12-8-9-13-20(19)24-3;/h5-13,21H,4,14-17H2,1-3H3;1H/q+1;/p-1. The number of rotatable bonds is 5. The van der Waals surface area contributed by atoms with E-state index in [2.05, 4.69) is 67.4 Å². The zero-order valence-corrected chi connectivity index (χ0v) is 17.6. The summed E-state index contributed by atoms with van der Waals surface area (Å²) in [5.74, 6) is 0.977. The summed E-state index contributed by atoms with van der Waals surface area (Å²) in [6.07, 6.45) is 0. The molecule has 4 heteroatoms. The van der Waals surface area contributed by atoms with E-state index < -0.39 is 0 Å². The van der Waals surface area contributed by atoms with Crippen molar-refractivity contribution in [3.8, 4) is 5.75 Å². The summed E-state index contributed by atoms with van der Waals surface area (Å²) >= 11 is 0. The molecule has 1 aliphatic rings. The molecule has 3 rings (SSSR count). The van der Waals surface area contributed by atoms with Gasteiger partial charge in [0.1, 0.15) is 5.75 Å². The SMILES string of the molecule is CC[N+]1(C)CCN(C(c2ccccc2)c2ccccc2OC)CC1.[I-]. The monoisotopic (exact) mass is 452 g/mol. The number of piperazine rings is 1. The quantitative estimate of drug-likeness (QED) is 0.486. The third-order valence-electron chi connectivity index (χ3n) is 5.53. The number of hydrogen-bond donors (Lipinski definition) is 0. The largest absolute Gasteiger partial charge is 1.00 e. The van der Waals surface area contributed by atoms with E-state index in [0.29, 0.717) is 0 Å². The molecule has 0 saturated carbocycles. The molecule has 2 aromatic rings. The predicted octanol–water partition coefficient (Wildman–Crippen LogP) is 0.571. The summed E-state index contributed by atoms with van der Waals surface area (Å²) in [7, 11) is 4.14. The van der Waals surface area contributed by atoms with Crippen molar-refractivity contribution in [2.75, 3.05) is 46.9 Å². The van der Waals surface area contributed by atoms with Crippen LogP contribution in [0.15, 0.2) is 54.6 Å². The van der Waals surface area contributed by atoms with Crippen molar-refractivity contribution in [1.29, 1.82) is 0 Å². The van der Waals surface area contributed by atoms with E-state index in [1.165, 1.54) is 35.2 Å². The molecule has 1 fully saturated rings. The number of benzene rings is 2. The molecule has 0 bridgehead atoms. The number of ether oxygens (including phenoxy) is 1. The minimum absolute atomic E-state index is 0. The van der Waals surface area contributed by atoms with Crippen molar-refractivity contribution in [2.45, 2.75) is 13.0 Å². The molecule has 1 unspecified atom stereocenters. The molecule has 0 N–H and O–H groups in total. The van der Waals surface area contributed by atoms with Crippen LogP contribution >= 0.6 is 0 Å². The van der Waals surface area contributed by atoms with Crippen LogP contribution in [0.25, 0.3) is 0 Å². The summed E-state index contributed by atoms with van der Waals surface area (Å²) in [5.41, 5.74) is 2.61. The second-order valence-corrected chi connectivity index (χ2v) is 6.97. The molecular formula is C21H29IN2O. The summed E-state index contributed by atoms with van der Waals surface area (Å²) in [6, 6.07) is 19.5. The number of quaternary nitrogens is 1. The minimum atomic E-state index is 0. The maximum Gasteiger partial charge on any atom is 0.123 e. The van der Waals surface area contributed by atoms with Crippen molar-refractivity contribution < 1.29 is 33.2 Å². The van der Waals surface area contributed by atoms with Gasteiger partial charge in [-0.25, -0.2) is 0 Å².